The van der Waals surface area contributed by atoms with Crippen LogP contribution in [-0.2, 0) is 18.9 Å². The first-order valence-electron chi connectivity index (χ1n) is 7.73. The largest absolute Gasteiger partial charge is 0.411 e. The summed E-state index contributed by atoms with van der Waals surface area (Å²) in [5, 5.41) is 18.0. The van der Waals surface area contributed by atoms with Gasteiger partial charge in [0.25, 0.3) is 0 Å². The lowest BCUT2D eigenvalue weighted by molar-refractivity contribution is -0.179. The number of rotatable bonds is 15. The molecule has 0 saturated carbocycles. The van der Waals surface area contributed by atoms with Gasteiger partial charge in [-0.15, -0.1) is 0 Å². The Hall–Kier alpha value is -0.660. The van der Waals surface area contributed by atoms with Crippen molar-refractivity contribution in [2.75, 3.05) is 66.1 Å². The van der Waals surface area contributed by atoms with Crippen LogP contribution < -0.4 is 0 Å². The molecule has 0 aromatic rings. The van der Waals surface area contributed by atoms with Gasteiger partial charge in [0, 0.05) is 11.8 Å². The Kier molecular flexibility index (Phi) is 13.2. The Morgan fingerprint density at radius 3 is 1.15 bits per heavy atom. The molecule has 2 atom stereocenters. The van der Waals surface area contributed by atoms with Crippen molar-refractivity contribution in [1.82, 2.24) is 0 Å². The van der Waals surface area contributed by atoms with Gasteiger partial charge in [0.2, 0.25) is 0 Å². The third-order valence-electron chi connectivity index (χ3n) is 2.83. The lowest BCUT2D eigenvalue weighted by Crippen LogP contribution is -2.26. The molecule has 0 saturated heterocycles. The minimum atomic E-state index is -4.44. The van der Waals surface area contributed by atoms with E-state index in [1.807, 2.05) is 0 Å². The van der Waals surface area contributed by atoms with Gasteiger partial charge in [0.15, 0.2) is 0 Å². The average Bonchev–Trinajstić information content (AvgIpc) is 2.52. The summed E-state index contributed by atoms with van der Waals surface area (Å²) >= 11 is 0. The van der Waals surface area contributed by atoms with E-state index in [-0.39, 0.29) is 39.6 Å². The molecule has 0 aliphatic heterocycles. The van der Waals surface area contributed by atoms with Gasteiger partial charge in [-0.05, 0) is 0 Å². The minimum Gasteiger partial charge on any atom is -0.396 e. The fraction of sp³-hybridized carbons (Fsp3) is 1.00. The molecule has 0 bridgehead atoms. The summed E-state index contributed by atoms with van der Waals surface area (Å²) < 4.78 is 90.6. The number of halogens is 6. The van der Waals surface area contributed by atoms with Crippen molar-refractivity contribution in [3.8, 4) is 0 Å². The van der Waals surface area contributed by atoms with Crippen LogP contribution in [0.25, 0.3) is 0 Å². The molecule has 0 spiro atoms. The topological polar surface area (TPSA) is 77.4 Å². The summed E-state index contributed by atoms with van der Waals surface area (Å²) in [6, 6.07) is 0. The smallest absolute Gasteiger partial charge is 0.396 e. The van der Waals surface area contributed by atoms with Gasteiger partial charge in [0.05, 0.1) is 52.9 Å². The van der Waals surface area contributed by atoms with Crippen LogP contribution in [0.3, 0.4) is 0 Å². The molecular formula is C14H24F6O6. The van der Waals surface area contributed by atoms with Crippen molar-refractivity contribution in [3.63, 3.8) is 0 Å². The number of aliphatic hydroxyl groups excluding tert-OH is 2. The van der Waals surface area contributed by atoms with Gasteiger partial charge in [-0.3, -0.25) is 0 Å². The Balaban J connectivity index is 3.70. The van der Waals surface area contributed by atoms with E-state index in [2.05, 4.69) is 9.47 Å². The standard InChI is InChI=1S/C14H24F6O6/c15-13(16,17)9-25-7-11(3-21)5-23-1-2-24-6-12(4-22)8-26-10-14(18,19)20/h11-12,21-22H,1-10H2. The molecule has 0 amide bonds. The molecule has 158 valence electrons. The van der Waals surface area contributed by atoms with Gasteiger partial charge >= 0.3 is 12.4 Å². The van der Waals surface area contributed by atoms with Crippen molar-refractivity contribution < 1.29 is 55.5 Å². The Bertz CT molecular complexity index is 307. The highest BCUT2D eigenvalue weighted by molar-refractivity contribution is 4.58. The maximum atomic E-state index is 11.9. The molecule has 0 aliphatic carbocycles. The zero-order chi connectivity index (χ0) is 20.1. The zero-order valence-corrected chi connectivity index (χ0v) is 14.0. The second-order valence-corrected chi connectivity index (χ2v) is 5.51. The zero-order valence-electron chi connectivity index (χ0n) is 14.0. The van der Waals surface area contributed by atoms with E-state index >= 15 is 0 Å². The van der Waals surface area contributed by atoms with E-state index < -0.39 is 50.6 Å². The van der Waals surface area contributed by atoms with Gasteiger partial charge in [0.1, 0.15) is 13.2 Å². The molecule has 0 fully saturated rings. The van der Waals surface area contributed by atoms with Crippen LogP contribution in [0.5, 0.6) is 0 Å². The molecule has 2 unspecified atom stereocenters. The maximum absolute atomic E-state index is 11.9. The summed E-state index contributed by atoms with van der Waals surface area (Å²) in [5.74, 6) is -1.25. The third-order valence-corrected chi connectivity index (χ3v) is 2.83. The Morgan fingerprint density at radius 2 is 0.885 bits per heavy atom. The molecule has 26 heavy (non-hydrogen) atoms. The number of ether oxygens (including phenoxy) is 4. The van der Waals surface area contributed by atoms with Gasteiger partial charge in [-0.1, -0.05) is 0 Å². The van der Waals surface area contributed by atoms with Crippen LogP contribution in [0, 0.1) is 11.8 Å². The predicted molar refractivity (Wildman–Crippen MR) is 76.5 cm³/mol. The van der Waals surface area contributed by atoms with E-state index in [1.165, 1.54) is 0 Å². The SMILES string of the molecule is OCC(COCCOCC(CO)COCC(F)(F)F)COCC(F)(F)F. The van der Waals surface area contributed by atoms with E-state index in [0.717, 1.165) is 0 Å². The molecule has 6 nitrogen and oxygen atoms in total. The molecule has 0 radical (unpaired) electrons. The van der Waals surface area contributed by atoms with Crippen LogP contribution in [-0.4, -0.2) is 88.6 Å². The van der Waals surface area contributed by atoms with Gasteiger partial charge in [-0.25, -0.2) is 0 Å². The van der Waals surface area contributed by atoms with Crippen LogP contribution in [0.2, 0.25) is 0 Å². The molecule has 0 rings (SSSR count). The summed E-state index contributed by atoms with van der Waals surface area (Å²) in [7, 11) is 0. The van der Waals surface area contributed by atoms with E-state index in [4.69, 9.17) is 19.7 Å². The maximum Gasteiger partial charge on any atom is 0.411 e. The molecule has 0 aromatic heterocycles. The van der Waals surface area contributed by atoms with Crippen LogP contribution in [0.4, 0.5) is 26.3 Å². The van der Waals surface area contributed by atoms with Crippen LogP contribution >= 0.6 is 0 Å². The van der Waals surface area contributed by atoms with Gasteiger partial charge < -0.3 is 29.2 Å². The summed E-state index contributed by atoms with van der Waals surface area (Å²) in [4.78, 5) is 0. The first-order valence-corrected chi connectivity index (χ1v) is 7.73. The molecule has 0 aromatic carbocycles. The number of aliphatic hydroxyl groups is 2. The fourth-order valence-electron chi connectivity index (χ4n) is 1.61. The van der Waals surface area contributed by atoms with Crippen LogP contribution in [0.1, 0.15) is 0 Å². The second kappa shape index (κ2) is 13.5. The quantitative estimate of drug-likeness (QED) is 0.319. The lowest BCUT2D eigenvalue weighted by Gasteiger charge is -2.17. The second-order valence-electron chi connectivity index (χ2n) is 5.51. The predicted octanol–water partition coefficient (Wildman–Crippen LogP) is 1.39. The van der Waals surface area contributed by atoms with Crippen molar-refractivity contribution in [1.29, 1.82) is 0 Å². The summed E-state index contributed by atoms with van der Waals surface area (Å²) in [6.45, 7) is -4.28. The minimum absolute atomic E-state index is 0.0458. The van der Waals surface area contributed by atoms with Crippen molar-refractivity contribution in [3.05, 3.63) is 0 Å². The normalized spacial score (nSPS) is 15.2. The average molecular weight is 402 g/mol. The van der Waals surface area contributed by atoms with E-state index in [9.17, 15) is 26.3 Å². The Morgan fingerprint density at radius 1 is 0.577 bits per heavy atom. The molecule has 12 heteroatoms. The highest BCUT2D eigenvalue weighted by Crippen LogP contribution is 2.15. The fourth-order valence-corrected chi connectivity index (χ4v) is 1.61. The first kappa shape index (κ1) is 25.3. The van der Waals surface area contributed by atoms with Crippen molar-refractivity contribution >= 4 is 0 Å². The third kappa shape index (κ3) is 16.8. The van der Waals surface area contributed by atoms with E-state index in [0.29, 0.717) is 0 Å². The van der Waals surface area contributed by atoms with E-state index in [1.54, 1.807) is 0 Å². The molecule has 0 aliphatic rings. The summed E-state index contributed by atoms with van der Waals surface area (Å²) in [6.07, 6.45) is -8.89. The highest BCUT2D eigenvalue weighted by Gasteiger charge is 2.28. The lowest BCUT2D eigenvalue weighted by atomic mass is 10.2. The van der Waals surface area contributed by atoms with Crippen molar-refractivity contribution in [2.45, 2.75) is 12.4 Å². The van der Waals surface area contributed by atoms with Crippen LogP contribution in [0.15, 0.2) is 0 Å². The molecule has 0 heterocycles. The number of alkyl halides is 6. The first-order chi connectivity index (χ1) is 12.1. The Labute approximate surface area is 147 Å². The monoisotopic (exact) mass is 402 g/mol. The summed E-state index contributed by atoms with van der Waals surface area (Å²) in [5.41, 5.74) is 0. The van der Waals surface area contributed by atoms with Gasteiger partial charge in [-0.2, -0.15) is 26.3 Å². The van der Waals surface area contributed by atoms with Crippen molar-refractivity contribution in [2.24, 2.45) is 11.8 Å². The highest BCUT2D eigenvalue weighted by atomic mass is 19.4. The number of hydrogen-bond donors (Lipinski definition) is 2. The number of hydrogen-bond acceptors (Lipinski definition) is 6. The molecular weight excluding hydrogens is 378 g/mol. The molecule has 2 N–H and O–H groups in total.